The standard InChI is InChI=1S/C58H62N16O15S/c59-19-2-1-4-42(52(81)82)69-50(79)41(67-46(77)17-16-43(53(83)84)68-49(78)30-6-8-31(9-7-30)63-27-34-28-64-48-47(65-34)51(80)71-55(60)70-48)5-3-22-74-29-33(72-73-74)18-23-87-57(86)62-21-20-61-56(90)66-32-10-13-38-37(24-32)54(85)89-58(38)39-14-11-35(75)25-44(39)88-45-26-36(76)12-15-40(45)58/h6-15,24-26,28-29,41-43,63,75-76H,1-5,16-23,27,59H2,(H,62,86)(H,67,77)(H,68,78)(H,69,79)(H,81,82)(H,83,84)(H2,61,66,90)(H3,60,64,70,71,80)/t41-,42+,43-/m0/s1. The van der Waals surface area contributed by atoms with Crippen LogP contribution in [0.5, 0.6) is 28.9 Å². The Hall–Kier alpha value is -11.0. The van der Waals surface area contributed by atoms with E-state index in [9.17, 15) is 59.1 Å². The number of aryl methyl sites for hydroxylation is 1. The van der Waals surface area contributed by atoms with E-state index in [1.54, 1.807) is 48.7 Å². The molecule has 0 radical (unpaired) electrons. The molecule has 2 aliphatic rings. The molecule has 4 amide bonds. The van der Waals surface area contributed by atoms with Gasteiger partial charge in [-0.15, -0.1) is 5.10 Å². The minimum Gasteiger partial charge on any atom is -0.508 e. The number of thiocarbonyl (C=S) groups is 1. The molecule has 7 aromatic rings. The number of fused-ring (bicyclic) bond motifs is 7. The van der Waals surface area contributed by atoms with E-state index < -0.39 is 77.8 Å². The van der Waals surface area contributed by atoms with Gasteiger partial charge < -0.3 is 88.4 Å². The van der Waals surface area contributed by atoms with E-state index in [1.807, 2.05) is 0 Å². The molecule has 90 heavy (non-hydrogen) atoms. The van der Waals surface area contributed by atoms with Gasteiger partial charge in [-0.05, 0) is 118 Å². The maximum absolute atomic E-state index is 13.6. The van der Waals surface area contributed by atoms with Gasteiger partial charge in [-0.2, -0.15) is 9.97 Å². The first-order chi connectivity index (χ1) is 43.3. The van der Waals surface area contributed by atoms with Crippen molar-refractivity contribution in [2.75, 3.05) is 42.6 Å². The number of phenolic OH excluding ortho intramolecular Hbond substituents is 2. The average Bonchev–Trinajstić information content (AvgIpc) is 1.48. The van der Waals surface area contributed by atoms with Crippen molar-refractivity contribution in [3.8, 4) is 28.9 Å². The first-order valence-electron chi connectivity index (χ1n) is 28.2. The number of aliphatic carboxylic acids is 2. The number of nitrogens with one attached hydrogen (secondary N) is 7. The molecule has 0 saturated carbocycles. The Labute approximate surface area is 516 Å². The SMILES string of the molecule is NCCCC[C@@H](NC(=O)[C@H](CCCn1cc(CCOC(=O)NCCNC(=S)Nc2ccc3c(c2)C(=O)OC32c3ccc(O)cc3Oc3cc(O)ccc32)nn1)NC(=O)CC[C@H](NC(=O)c1ccc(NCc2cnc3nc(N)nc(O)c3n2)cc1)C(=O)O)C(=O)O. The number of aromatic nitrogens is 7. The molecule has 1 spiro atoms. The number of alkyl carbamates (subject to hydrolysis) is 1. The Morgan fingerprint density at radius 3 is 2.13 bits per heavy atom. The molecule has 0 fully saturated rings. The summed E-state index contributed by atoms with van der Waals surface area (Å²) in [5.41, 5.74) is 13.6. The van der Waals surface area contributed by atoms with E-state index in [4.69, 9.17) is 37.9 Å². The van der Waals surface area contributed by atoms with Gasteiger partial charge in [-0.1, -0.05) is 11.3 Å². The van der Waals surface area contributed by atoms with Crippen LogP contribution in [0.3, 0.4) is 0 Å². The number of anilines is 3. The highest BCUT2D eigenvalue weighted by atomic mass is 32.1. The lowest BCUT2D eigenvalue weighted by Gasteiger charge is -2.36. The Morgan fingerprint density at radius 2 is 1.42 bits per heavy atom. The Bertz CT molecular complexity index is 3820. The summed E-state index contributed by atoms with van der Waals surface area (Å²) >= 11 is 5.47. The molecule has 3 atom stereocenters. The Balaban J connectivity index is 0.702. The number of unbranched alkanes of at least 4 members (excludes halogenated alkanes) is 1. The lowest BCUT2D eigenvalue weighted by Crippen LogP contribution is -2.52. The summed E-state index contributed by atoms with van der Waals surface area (Å²) in [6.07, 6.45) is 2.89. The van der Waals surface area contributed by atoms with Gasteiger partial charge in [0.15, 0.2) is 21.9 Å². The predicted molar refractivity (Wildman–Crippen MR) is 322 cm³/mol. The number of hydrogen-bond donors (Lipinski definition) is 14. The Morgan fingerprint density at radius 1 is 0.744 bits per heavy atom. The van der Waals surface area contributed by atoms with Gasteiger partial charge in [-0.3, -0.25) is 19.1 Å². The second kappa shape index (κ2) is 28.7. The van der Waals surface area contributed by atoms with Gasteiger partial charge in [0.25, 0.3) is 5.91 Å². The second-order valence-corrected chi connectivity index (χ2v) is 21.1. The summed E-state index contributed by atoms with van der Waals surface area (Å²) in [5.74, 6) is -5.83. The van der Waals surface area contributed by atoms with Crippen LogP contribution in [0.4, 0.5) is 22.1 Å². The van der Waals surface area contributed by atoms with E-state index in [0.717, 1.165) is 0 Å². The van der Waals surface area contributed by atoms with Gasteiger partial charge in [0.2, 0.25) is 23.6 Å². The van der Waals surface area contributed by atoms with Crippen molar-refractivity contribution < 1.29 is 73.3 Å². The maximum atomic E-state index is 13.6. The van der Waals surface area contributed by atoms with Crippen molar-refractivity contribution in [3.63, 3.8) is 0 Å². The number of carbonyl (C=O) groups is 7. The van der Waals surface area contributed by atoms with Crippen LogP contribution in [0.25, 0.3) is 11.2 Å². The first kappa shape index (κ1) is 63.5. The highest BCUT2D eigenvalue weighted by Gasteiger charge is 2.54. The third-order valence-corrected chi connectivity index (χ3v) is 14.6. The van der Waals surface area contributed by atoms with E-state index in [2.05, 4.69) is 67.5 Å². The van der Waals surface area contributed by atoms with Gasteiger partial charge >= 0.3 is 24.0 Å². The fourth-order valence-corrected chi connectivity index (χ4v) is 10.1. The topological polar surface area (TPSA) is 467 Å². The summed E-state index contributed by atoms with van der Waals surface area (Å²) in [6, 6.07) is 15.9. The lowest BCUT2D eigenvalue weighted by molar-refractivity contribution is -0.142. The number of hydrogen-bond acceptors (Lipinski definition) is 23. The van der Waals surface area contributed by atoms with Crippen LogP contribution in [-0.2, 0) is 53.8 Å². The number of nitrogens with zero attached hydrogens (tertiary/aromatic N) is 7. The molecule has 2 aliphatic heterocycles. The minimum atomic E-state index is -1.52. The van der Waals surface area contributed by atoms with E-state index >= 15 is 0 Å². The molecule has 4 aromatic carbocycles. The molecule has 31 nitrogen and oxygen atoms in total. The molecular weight excluding hydrogens is 1190 g/mol. The molecule has 3 aromatic heterocycles. The number of benzene rings is 4. The van der Waals surface area contributed by atoms with Gasteiger partial charge in [0.05, 0.1) is 36.3 Å². The fourth-order valence-electron chi connectivity index (χ4n) is 9.91. The summed E-state index contributed by atoms with van der Waals surface area (Å²) < 4.78 is 18.9. The van der Waals surface area contributed by atoms with Crippen LogP contribution < -0.4 is 53.4 Å². The quantitative estimate of drug-likeness (QED) is 0.0190. The number of rotatable bonds is 28. The number of carboxylic acid groups (broad SMARTS) is 2. The number of nitrogens with two attached hydrogens (primary N) is 2. The van der Waals surface area contributed by atoms with Crippen LogP contribution in [0.15, 0.2) is 91.3 Å². The highest BCUT2D eigenvalue weighted by Crippen LogP contribution is 2.57. The van der Waals surface area contributed by atoms with Crippen LogP contribution in [0.1, 0.15) is 93.7 Å². The third-order valence-electron chi connectivity index (χ3n) is 14.3. The molecule has 9 rings (SSSR count). The maximum Gasteiger partial charge on any atom is 0.407 e. The van der Waals surface area contributed by atoms with Gasteiger partial charge in [-0.25, -0.2) is 29.1 Å². The zero-order chi connectivity index (χ0) is 64.1. The molecule has 5 heterocycles. The highest BCUT2D eigenvalue weighted by molar-refractivity contribution is 7.80. The van der Waals surface area contributed by atoms with Crippen molar-refractivity contribution in [2.45, 2.75) is 88.2 Å². The van der Waals surface area contributed by atoms with Crippen LogP contribution in [-0.4, -0.2) is 152 Å². The summed E-state index contributed by atoms with van der Waals surface area (Å²) in [5, 5.41) is 78.0. The molecule has 0 saturated heterocycles. The molecule has 0 bridgehead atoms. The van der Waals surface area contributed by atoms with Crippen LogP contribution in [0.2, 0.25) is 0 Å². The molecule has 0 unspecified atom stereocenters. The number of carbonyl (C=O) groups excluding carboxylic acids is 5. The summed E-state index contributed by atoms with van der Waals surface area (Å²) in [4.78, 5) is 107. The predicted octanol–water partition coefficient (Wildman–Crippen LogP) is 2.77. The fraction of sp³-hybridized carbons (Fsp3) is 0.310. The number of carboxylic acids is 2. The zero-order valence-corrected chi connectivity index (χ0v) is 48.6. The summed E-state index contributed by atoms with van der Waals surface area (Å²) in [7, 11) is 0. The van der Waals surface area contributed by atoms with E-state index in [0.29, 0.717) is 58.8 Å². The van der Waals surface area contributed by atoms with Crippen molar-refractivity contribution in [1.82, 2.24) is 61.5 Å². The number of amides is 4. The smallest absolute Gasteiger partial charge is 0.407 e. The third kappa shape index (κ3) is 15.6. The first-order valence-corrected chi connectivity index (χ1v) is 28.6. The minimum absolute atomic E-state index is 0.0105. The van der Waals surface area contributed by atoms with Crippen molar-refractivity contribution >= 4 is 87.5 Å². The molecule has 16 N–H and O–H groups in total. The second-order valence-electron chi connectivity index (χ2n) is 20.7. The largest absolute Gasteiger partial charge is 0.508 e. The molecular formula is C58H62N16O15S. The van der Waals surface area contributed by atoms with E-state index in [-0.39, 0.29) is 121 Å². The van der Waals surface area contributed by atoms with Gasteiger partial charge in [0, 0.05) is 84.4 Å². The van der Waals surface area contributed by atoms with Crippen molar-refractivity contribution in [1.29, 1.82) is 0 Å². The number of ether oxygens (including phenoxy) is 3. The summed E-state index contributed by atoms with van der Waals surface area (Å²) in [6.45, 7) is 0.900. The molecule has 470 valence electrons. The zero-order valence-electron chi connectivity index (χ0n) is 47.8. The number of nitrogen functional groups attached to an aromatic ring is 1. The van der Waals surface area contributed by atoms with Crippen LogP contribution in [0, 0.1) is 0 Å². The Kier molecular flexibility index (Phi) is 20.2. The van der Waals surface area contributed by atoms with Crippen molar-refractivity contribution in [2.24, 2.45) is 5.73 Å². The number of phenols is 2. The van der Waals surface area contributed by atoms with E-state index in [1.165, 1.54) is 47.3 Å². The van der Waals surface area contributed by atoms with Crippen LogP contribution >= 0.6 is 12.2 Å². The lowest BCUT2D eigenvalue weighted by atomic mass is 9.77. The average molecular weight is 1260 g/mol. The number of esters is 1. The molecule has 32 heteroatoms. The molecule has 0 aliphatic carbocycles. The number of aromatic hydroxyl groups is 3. The van der Waals surface area contributed by atoms with Gasteiger partial charge in [0.1, 0.15) is 41.1 Å². The van der Waals surface area contributed by atoms with Crippen molar-refractivity contribution in [3.05, 3.63) is 130 Å². The monoisotopic (exact) mass is 1250 g/mol. The normalized spacial score (nSPS) is 13.4.